The summed E-state index contributed by atoms with van der Waals surface area (Å²) in [5.74, 6) is 0. The van der Waals surface area contributed by atoms with Crippen LogP contribution in [0, 0.1) is 18.3 Å². The van der Waals surface area contributed by atoms with Crippen molar-refractivity contribution < 1.29 is 4.42 Å². The minimum Gasteiger partial charge on any atom is -0.435 e. The van der Waals surface area contributed by atoms with Gasteiger partial charge in [-0.25, -0.2) is 4.98 Å². The molecule has 3 heterocycles. The van der Waals surface area contributed by atoms with Crippen molar-refractivity contribution in [1.29, 1.82) is 5.26 Å². The third-order valence-corrected chi connectivity index (χ3v) is 4.57. The van der Waals surface area contributed by atoms with Crippen LogP contribution < -0.4 is 4.90 Å². The van der Waals surface area contributed by atoms with Crippen molar-refractivity contribution in [2.45, 2.75) is 20.0 Å². The van der Waals surface area contributed by atoms with Gasteiger partial charge in [0, 0.05) is 30.2 Å². The molecule has 0 unspecified atom stereocenters. The fourth-order valence-electron chi connectivity index (χ4n) is 3.16. The van der Waals surface area contributed by atoms with Gasteiger partial charge in [0.1, 0.15) is 17.9 Å². The van der Waals surface area contributed by atoms with E-state index in [1.807, 2.05) is 30.3 Å². The number of aromatic nitrogens is 1. The van der Waals surface area contributed by atoms with E-state index in [1.165, 1.54) is 0 Å². The van der Waals surface area contributed by atoms with Crippen molar-refractivity contribution in [3.63, 3.8) is 0 Å². The zero-order valence-electron chi connectivity index (χ0n) is 13.2. The van der Waals surface area contributed by atoms with Gasteiger partial charge < -0.3 is 14.2 Å². The molecular weight excluding hydrogens is 288 g/mol. The van der Waals surface area contributed by atoms with Crippen LogP contribution in [0.4, 0.5) is 5.69 Å². The van der Waals surface area contributed by atoms with Gasteiger partial charge in [0.2, 0.25) is 5.71 Å². The first-order chi connectivity index (χ1) is 11.1. The number of rotatable bonds is 1. The Morgan fingerprint density at radius 3 is 2.83 bits per heavy atom. The molecule has 0 spiro atoms. The van der Waals surface area contributed by atoms with Crippen LogP contribution in [0.25, 0.3) is 22.1 Å². The van der Waals surface area contributed by atoms with Gasteiger partial charge in [0.25, 0.3) is 0 Å². The van der Waals surface area contributed by atoms with Gasteiger partial charge in [-0.05, 0) is 31.5 Å². The number of aryl methyl sites for hydroxylation is 1. The molecule has 1 aliphatic heterocycles. The Balaban J connectivity index is 2.02. The summed E-state index contributed by atoms with van der Waals surface area (Å²) < 4.78 is 6.05. The monoisotopic (exact) mass is 304 g/mol. The van der Waals surface area contributed by atoms with E-state index in [0.717, 1.165) is 27.6 Å². The van der Waals surface area contributed by atoms with E-state index in [2.05, 4.69) is 41.9 Å². The molecule has 0 amide bonds. The Morgan fingerprint density at radius 1 is 1.26 bits per heavy atom. The van der Waals surface area contributed by atoms with Crippen molar-refractivity contribution in [1.82, 2.24) is 9.88 Å². The highest BCUT2D eigenvalue weighted by Crippen LogP contribution is 2.39. The lowest BCUT2D eigenvalue weighted by atomic mass is 10.1. The van der Waals surface area contributed by atoms with Crippen LogP contribution in [0.15, 0.2) is 46.8 Å². The van der Waals surface area contributed by atoms with E-state index in [1.54, 1.807) is 6.20 Å². The number of pyridine rings is 1. The largest absolute Gasteiger partial charge is 0.435 e. The van der Waals surface area contributed by atoms with E-state index < -0.39 is 0 Å². The van der Waals surface area contributed by atoms with Crippen LogP contribution in [0.1, 0.15) is 12.5 Å². The number of hydrogen-bond donors (Lipinski definition) is 0. The van der Waals surface area contributed by atoms with Crippen LogP contribution in [0.5, 0.6) is 0 Å². The third kappa shape index (κ3) is 1.82. The lowest BCUT2D eigenvalue weighted by molar-refractivity contribution is 0.367. The molecule has 23 heavy (non-hydrogen) atoms. The number of fused-ring (bicyclic) bond motifs is 3. The zero-order chi connectivity index (χ0) is 16.1. The van der Waals surface area contributed by atoms with Crippen molar-refractivity contribution >= 4 is 27.8 Å². The highest BCUT2D eigenvalue weighted by Gasteiger charge is 2.30. The summed E-state index contributed by atoms with van der Waals surface area (Å²) in [4.78, 5) is 8.37. The summed E-state index contributed by atoms with van der Waals surface area (Å²) >= 11 is 0. The first-order valence-corrected chi connectivity index (χ1v) is 7.51. The summed E-state index contributed by atoms with van der Waals surface area (Å²) in [6, 6.07) is 10.3. The Labute approximate surface area is 134 Å². The summed E-state index contributed by atoms with van der Waals surface area (Å²) in [5, 5.41) is 11.3. The highest BCUT2D eigenvalue weighted by molar-refractivity contribution is 6.08. The van der Waals surface area contributed by atoms with E-state index in [4.69, 9.17) is 4.42 Å². The lowest BCUT2D eigenvalue weighted by Crippen LogP contribution is -2.34. The predicted molar refractivity (Wildman–Crippen MR) is 89.7 cm³/mol. The second-order valence-electron chi connectivity index (χ2n) is 5.84. The normalized spacial score (nSPS) is 17.8. The number of hydrogen-bond acceptors (Lipinski definition) is 5. The fourth-order valence-corrected chi connectivity index (χ4v) is 3.16. The van der Waals surface area contributed by atoms with Crippen molar-refractivity contribution in [2.24, 2.45) is 0 Å². The molecule has 4 rings (SSSR count). The van der Waals surface area contributed by atoms with Gasteiger partial charge in [-0.15, -0.1) is 0 Å². The molecule has 1 atom stereocenters. The van der Waals surface area contributed by atoms with Gasteiger partial charge in [0.05, 0.1) is 5.69 Å². The first kappa shape index (κ1) is 13.6. The van der Waals surface area contributed by atoms with Gasteiger partial charge in [0.15, 0.2) is 5.58 Å². The van der Waals surface area contributed by atoms with Crippen LogP contribution in [0.3, 0.4) is 0 Å². The van der Waals surface area contributed by atoms with Crippen LogP contribution >= 0.6 is 0 Å². The number of nitriles is 1. The predicted octanol–water partition coefficient (Wildman–Crippen LogP) is 3.75. The zero-order valence-corrected chi connectivity index (χ0v) is 13.2. The highest BCUT2D eigenvalue weighted by atomic mass is 16.3. The standard InChI is InChI=1S/C18H16N4O/c1-11-6-7-14-15-5-4-8-20-18(15)23-17(14)16(11)22-10-13(9-19)21(3)12(22)2/h4-8,10,12H,1-3H3/t12-/m0/s1. The van der Waals surface area contributed by atoms with Gasteiger partial charge >= 0.3 is 0 Å². The molecule has 0 saturated heterocycles. The molecule has 5 nitrogen and oxygen atoms in total. The third-order valence-electron chi connectivity index (χ3n) is 4.57. The molecule has 0 bridgehead atoms. The Kier molecular flexibility index (Phi) is 2.82. The summed E-state index contributed by atoms with van der Waals surface area (Å²) in [6.45, 7) is 4.13. The molecule has 0 saturated carbocycles. The molecule has 0 aliphatic carbocycles. The Bertz CT molecular complexity index is 995. The number of allylic oxidation sites excluding steroid dienone is 1. The molecule has 0 fully saturated rings. The summed E-state index contributed by atoms with van der Waals surface area (Å²) in [5.41, 5.74) is 4.19. The second kappa shape index (κ2) is 4.75. The van der Waals surface area contributed by atoms with E-state index in [0.29, 0.717) is 11.4 Å². The molecule has 3 aromatic rings. The Morgan fingerprint density at radius 2 is 2.09 bits per heavy atom. The maximum Gasteiger partial charge on any atom is 0.227 e. The van der Waals surface area contributed by atoms with Crippen LogP contribution in [-0.2, 0) is 0 Å². The smallest absolute Gasteiger partial charge is 0.227 e. The van der Waals surface area contributed by atoms with E-state index >= 15 is 0 Å². The van der Waals surface area contributed by atoms with Crippen molar-refractivity contribution in [3.8, 4) is 6.07 Å². The molecule has 0 N–H and O–H groups in total. The fraction of sp³-hybridized carbons (Fsp3) is 0.222. The minimum absolute atomic E-state index is 0.0510. The summed E-state index contributed by atoms with van der Waals surface area (Å²) in [6.07, 6.45) is 3.67. The maximum atomic E-state index is 9.30. The average molecular weight is 304 g/mol. The maximum absolute atomic E-state index is 9.30. The number of nitrogens with zero attached hydrogens (tertiary/aromatic N) is 4. The summed E-state index contributed by atoms with van der Waals surface area (Å²) in [7, 11) is 1.93. The number of anilines is 1. The van der Waals surface area contributed by atoms with Gasteiger partial charge in [-0.2, -0.15) is 5.26 Å². The van der Waals surface area contributed by atoms with Crippen LogP contribution in [-0.4, -0.2) is 23.1 Å². The molecule has 114 valence electrons. The van der Waals surface area contributed by atoms with Gasteiger partial charge in [-0.1, -0.05) is 12.1 Å². The van der Waals surface area contributed by atoms with Crippen LogP contribution in [0.2, 0.25) is 0 Å². The molecule has 1 aromatic carbocycles. The molecular formula is C18H16N4O. The minimum atomic E-state index is 0.0510. The second-order valence-corrected chi connectivity index (χ2v) is 5.84. The molecule has 2 aromatic heterocycles. The SMILES string of the molecule is Cc1ccc2c(oc3ncccc32)c1N1C=C(C#N)N(C)[C@@H]1C. The molecule has 5 heteroatoms. The number of furan rings is 1. The van der Waals surface area contributed by atoms with E-state index in [-0.39, 0.29) is 6.17 Å². The first-order valence-electron chi connectivity index (χ1n) is 7.51. The quantitative estimate of drug-likeness (QED) is 0.685. The topological polar surface area (TPSA) is 56.3 Å². The molecule has 1 aliphatic rings. The Hall–Kier alpha value is -3.00. The molecule has 0 radical (unpaired) electrons. The number of benzene rings is 1. The van der Waals surface area contributed by atoms with Crippen molar-refractivity contribution in [2.75, 3.05) is 11.9 Å². The van der Waals surface area contributed by atoms with Crippen molar-refractivity contribution in [3.05, 3.63) is 47.9 Å². The average Bonchev–Trinajstić information content (AvgIpc) is 3.06. The lowest BCUT2D eigenvalue weighted by Gasteiger charge is -2.28. The van der Waals surface area contributed by atoms with E-state index in [9.17, 15) is 5.26 Å². The van der Waals surface area contributed by atoms with Gasteiger partial charge in [-0.3, -0.25) is 0 Å².